The van der Waals surface area contributed by atoms with Gasteiger partial charge < -0.3 is 0 Å². The van der Waals surface area contributed by atoms with E-state index in [0.29, 0.717) is 0 Å². The number of hydrogen-bond acceptors (Lipinski definition) is 2. The Kier molecular flexibility index (Phi) is 3.68. The second-order valence-corrected chi connectivity index (χ2v) is 7.66. The van der Waals surface area contributed by atoms with E-state index in [-0.39, 0.29) is 0 Å². The normalized spacial score (nSPS) is 11.5. The first-order valence-corrected chi connectivity index (χ1v) is 10.1. The highest BCUT2D eigenvalue weighted by molar-refractivity contribution is 6.12. The maximum absolute atomic E-state index is 4.69. The van der Waals surface area contributed by atoms with Gasteiger partial charge in [-0.3, -0.25) is 4.40 Å². The van der Waals surface area contributed by atoms with Gasteiger partial charge in [0, 0.05) is 16.3 Å². The van der Waals surface area contributed by atoms with Crippen molar-refractivity contribution in [2.75, 3.05) is 0 Å². The highest BCUT2D eigenvalue weighted by atomic mass is 15.2. The molecule has 4 aromatic carbocycles. The molecule has 0 radical (unpaired) electrons. The molecule has 142 valence electrons. The Hall–Kier alpha value is -3.98. The summed E-state index contributed by atoms with van der Waals surface area (Å²) in [6.07, 6.45) is 0. The first-order chi connectivity index (χ1) is 14.8. The third-order valence-corrected chi connectivity index (χ3v) is 5.77. The summed E-state index contributed by atoms with van der Waals surface area (Å²) in [7, 11) is 0. The van der Waals surface area contributed by atoms with Crippen molar-refractivity contribution in [2.24, 2.45) is 0 Å². The topological polar surface area (TPSA) is 30.2 Å². The van der Waals surface area contributed by atoms with Crippen LogP contribution in [0.4, 0.5) is 0 Å². The Labute approximate surface area is 174 Å². The summed E-state index contributed by atoms with van der Waals surface area (Å²) in [5.74, 6) is 0.865. The van der Waals surface area contributed by atoms with Crippen molar-refractivity contribution in [1.29, 1.82) is 0 Å². The van der Waals surface area contributed by atoms with Gasteiger partial charge >= 0.3 is 0 Å². The maximum atomic E-state index is 4.69. The predicted octanol–water partition coefficient (Wildman–Crippen LogP) is 6.68. The van der Waals surface area contributed by atoms with Crippen LogP contribution in [0.2, 0.25) is 0 Å². The molecule has 0 fully saturated rings. The summed E-state index contributed by atoms with van der Waals surface area (Å²) in [4.78, 5) is 0. The van der Waals surface area contributed by atoms with Gasteiger partial charge in [0.2, 0.25) is 0 Å². The van der Waals surface area contributed by atoms with E-state index in [1.807, 2.05) is 6.07 Å². The zero-order valence-electron chi connectivity index (χ0n) is 16.6. The molecule has 0 aliphatic rings. The van der Waals surface area contributed by atoms with Gasteiger partial charge in [-0.1, -0.05) is 90.5 Å². The number of pyridine rings is 1. The zero-order valence-corrected chi connectivity index (χ0v) is 16.6. The molecule has 0 bridgehead atoms. The fourth-order valence-corrected chi connectivity index (χ4v) is 4.38. The Morgan fingerprint density at radius 1 is 0.600 bits per heavy atom. The molecular formula is C27H19N3. The van der Waals surface area contributed by atoms with Crippen LogP contribution in [0.25, 0.3) is 49.8 Å². The van der Waals surface area contributed by atoms with Crippen molar-refractivity contribution in [3.63, 3.8) is 0 Å². The van der Waals surface area contributed by atoms with E-state index in [4.69, 9.17) is 0 Å². The van der Waals surface area contributed by atoms with Gasteiger partial charge in [0.25, 0.3) is 0 Å². The Bertz CT molecular complexity index is 1550. The van der Waals surface area contributed by atoms with Crippen LogP contribution in [-0.2, 0) is 0 Å². The SMILES string of the molecule is Cc1ccc2c(c1)c1ccccc1c1nnc(-c3ccccc3-c3ccccc3)n21. The fraction of sp³-hybridized carbons (Fsp3) is 0.0370. The van der Waals surface area contributed by atoms with Gasteiger partial charge in [0.1, 0.15) is 0 Å². The minimum atomic E-state index is 0.865. The van der Waals surface area contributed by atoms with Gasteiger partial charge in [-0.25, -0.2) is 0 Å². The van der Waals surface area contributed by atoms with E-state index in [0.717, 1.165) is 33.5 Å². The lowest BCUT2D eigenvalue weighted by Crippen LogP contribution is -1.96. The third kappa shape index (κ3) is 2.45. The van der Waals surface area contributed by atoms with Gasteiger partial charge in [0.15, 0.2) is 11.5 Å². The monoisotopic (exact) mass is 385 g/mol. The Balaban J connectivity index is 1.77. The largest absolute Gasteiger partial charge is 0.274 e. The summed E-state index contributed by atoms with van der Waals surface area (Å²) in [6.45, 7) is 2.14. The van der Waals surface area contributed by atoms with Crippen molar-refractivity contribution < 1.29 is 0 Å². The molecule has 0 N–H and O–H groups in total. The fourth-order valence-electron chi connectivity index (χ4n) is 4.38. The molecule has 6 rings (SSSR count). The van der Waals surface area contributed by atoms with Crippen LogP contribution < -0.4 is 0 Å². The summed E-state index contributed by atoms with van der Waals surface area (Å²) in [6, 6.07) is 33.9. The smallest absolute Gasteiger partial charge is 0.169 e. The van der Waals surface area contributed by atoms with E-state index in [9.17, 15) is 0 Å². The summed E-state index contributed by atoms with van der Waals surface area (Å²) in [5.41, 5.74) is 6.66. The van der Waals surface area contributed by atoms with Crippen molar-refractivity contribution in [1.82, 2.24) is 14.6 Å². The van der Waals surface area contributed by atoms with Crippen LogP contribution in [0, 0.1) is 6.92 Å². The van der Waals surface area contributed by atoms with Crippen LogP contribution in [-0.4, -0.2) is 14.6 Å². The average Bonchev–Trinajstić information content (AvgIpc) is 3.25. The number of fused-ring (bicyclic) bond motifs is 6. The second kappa shape index (κ2) is 6.53. The van der Waals surface area contributed by atoms with Crippen LogP contribution >= 0.6 is 0 Å². The highest BCUT2D eigenvalue weighted by Crippen LogP contribution is 2.35. The average molecular weight is 385 g/mol. The summed E-state index contributed by atoms with van der Waals surface area (Å²) >= 11 is 0. The molecule has 0 saturated carbocycles. The highest BCUT2D eigenvalue weighted by Gasteiger charge is 2.18. The van der Waals surface area contributed by atoms with Crippen molar-refractivity contribution in [3.05, 3.63) is 103 Å². The lowest BCUT2D eigenvalue weighted by atomic mass is 9.99. The molecule has 0 amide bonds. The number of aromatic nitrogens is 3. The second-order valence-electron chi connectivity index (χ2n) is 7.66. The molecule has 0 spiro atoms. The molecule has 2 aromatic heterocycles. The van der Waals surface area contributed by atoms with Crippen molar-refractivity contribution in [3.8, 4) is 22.5 Å². The first kappa shape index (κ1) is 16.9. The zero-order chi connectivity index (χ0) is 20.1. The molecule has 0 saturated heterocycles. The summed E-state index contributed by atoms with van der Waals surface area (Å²) in [5, 5.41) is 12.9. The van der Waals surface area contributed by atoms with E-state index in [1.54, 1.807) is 0 Å². The molecule has 0 aliphatic heterocycles. The first-order valence-electron chi connectivity index (χ1n) is 10.1. The maximum Gasteiger partial charge on any atom is 0.169 e. The van der Waals surface area contributed by atoms with E-state index < -0.39 is 0 Å². The molecule has 0 unspecified atom stereocenters. The Morgan fingerprint density at radius 2 is 1.30 bits per heavy atom. The van der Waals surface area contributed by atoms with Crippen LogP contribution in [0.1, 0.15) is 5.56 Å². The van der Waals surface area contributed by atoms with Gasteiger partial charge in [0.05, 0.1) is 5.52 Å². The van der Waals surface area contributed by atoms with Gasteiger partial charge in [-0.15, -0.1) is 10.2 Å². The minimum Gasteiger partial charge on any atom is -0.274 e. The lowest BCUT2D eigenvalue weighted by Gasteiger charge is -2.12. The molecule has 6 aromatic rings. The minimum absolute atomic E-state index is 0.865. The van der Waals surface area contributed by atoms with Gasteiger partial charge in [-0.2, -0.15) is 0 Å². The predicted molar refractivity (Wildman–Crippen MR) is 124 cm³/mol. The molecule has 3 nitrogen and oxygen atoms in total. The van der Waals surface area contributed by atoms with Crippen LogP contribution in [0.5, 0.6) is 0 Å². The molecule has 0 atom stereocenters. The molecular weight excluding hydrogens is 366 g/mol. The van der Waals surface area contributed by atoms with Crippen molar-refractivity contribution in [2.45, 2.75) is 6.92 Å². The van der Waals surface area contributed by atoms with Gasteiger partial charge in [-0.05, 0) is 35.6 Å². The van der Waals surface area contributed by atoms with Crippen LogP contribution in [0.3, 0.4) is 0 Å². The van der Waals surface area contributed by atoms with E-state index >= 15 is 0 Å². The number of aryl methyl sites for hydroxylation is 1. The molecule has 0 aliphatic carbocycles. The number of nitrogens with zero attached hydrogens (tertiary/aromatic N) is 3. The summed E-state index contributed by atoms with van der Waals surface area (Å²) < 4.78 is 2.21. The van der Waals surface area contributed by atoms with Crippen LogP contribution in [0.15, 0.2) is 97.1 Å². The van der Waals surface area contributed by atoms with E-state index in [2.05, 4.69) is 113 Å². The third-order valence-electron chi connectivity index (χ3n) is 5.77. The molecule has 2 heterocycles. The number of benzene rings is 4. The standard InChI is InChI=1S/C27H19N3/c1-18-15-16-25-24(17-18)21-12-6-8-14-23(21)27-29-28-26(30(25)27)22-13-7-5-11-20(22)19-9-3-2-4-10-19/h2-17H,1H3. The Morgan fingerprint density at radius 3 is 2.13 bits per heavy atom. The number of hydrogen-bond donors (Lipinski definition) is 0. The lowest BCUT2D eigenvalue weighted by molar-refractivity contribution is 1.12. The molecule has 30 heavy (non-hydrogen) atoms. The van der Waals surface area contributed by atoms with Crippen molar-refractivity contribution >= 4 is 27.3 Å². The quantitative estimate of drug-likeness (QED) is 0.311. The molecule has 3 heteroatoms. The number of rotatable bonds is 2. The van der Waals surface area contributed by atoms with E-state index in [1.165, 1.54) is 21.9 Å².